The van der Waals surface area contributed by atoms with Crippen LogP contribution in [0.15, 0.2) is 12.2 Å². The number of amides is 1. The summed E-state index contributed by atoms with van der Waals surface area (Å²) in [4.78, 5) is 23.4. The highest BCUT2D eigenvalue weighted by atomic mass is 16.4. The number of likely N-dealkylation sites (N-methyl/N-ethyl adjacent to an activating group) is 1. The lowest BCUT2D eigenvalue weighted by molar-refractivity contribution is -0.132. The van der Waals surface area contributed by atoms with Crippen molar-refractivity contribution in [1.29, 1.82) is 0 Å². The summed E-state index contributed by atoms with van der Waals surface area (Å²) in [6.07, 6.45) is 6.44. The van der Waals surface area contributed by atoms with Gasteiger partial charge in [-0.3, -0.25) is 4.79 Å². The molecule has 0 aromatic carbocycles. The molecule has 0 aliphatic rings. The number of hydrogen-bond acceptors (Lipinski definition) is 2. The van der Waals surface area contributed by atoms with Gasteiger partial charge in [0.1, 0.15) is 0 Å². The van der Waals surface area contributed by atoms with E-state index in [2.05, 4.69) is 6.92 Å². The standard InChI is InChI=1S/C12H21NO3/c1-3-5-6-7-10-13(4-2)11(14)8-9-12(15)16/h8-9H,3-7,10H2,1-2H3,(H,15,16)/b9-8-. The molecule has 0 aliphatic heterocycles. The number of carboxylic acids is 1. The molecule has 0 aliphatic carbocycles. The van der Waals surface area contributed by atoms with Crippen LogP contribution in [-0.2, 0) is 9.59 Å². The van der Waals surface area contributed by atoms with Crippen LogP contribution in [0.2, 0.25) is 0 Å². The van der Waals surface area contributed by atoms with Crippen molar-refractivity contribution in [3.05, 3.63) is 12.2 Å². The molecule has 0 radical (unpaired) electrons. The minimum absolute atomic E-state index is 0.221. The maximum Gasteiger partial charge on any atom is 0.328 e. The smallest absolute Gasteiger partial charge is 0.328 e. The second-order valence-electron chi connectivity index (χ2n) is 3.65. The van der Waals surface area contributed by atoms with Crippen LogP contribution in [0.5, 0.6) is 0 Å². The third-order valence-electron chi connectivity index (χ3n) is 2.34. The van der Waals surface area contributed by atoms with E-state index >= 15 is 0 Å². The molecule has 0 fully saturated rings. The van der Waals surface area contributed by atoms with E-state index in [0.717, 1.165) is 25.0 Å². The Morgan fingerprint density at radius 2 is 1.81 bits per heavy atom. The fraction of sp³-hybridized carbons (Fsp3) is 0.667. The van der Waals surface area contributed by atoms with E-state index in [4.69, 9.17) is 5.11 Å². The van der Waals surface area contributed by atoms with Crippen LogP contribution in [0.1, 0.15) is 39.5 Å². The highest BCUT2D eigenvalue weighted by Crippen LogP contribution is 2.02. The Hall–Kier alpha value is -1.32. The number of carbonyl (C=O) groups excluding carboxylic acids is 1. The summed E-state index contributed by atoms with van der Waals surface area (Å²) in [6.45, 7) is 5.36. The Balaban J connectivity index is 3.97. The van der Waals surface area contributed by atoms with Crippen molar-refractivity contribution in [3.63, 3.8) is 0 Å². The number of rotatable bonds is 8. The van der Waals surface area contributed by atoms with Crippen LogP contribution >= 0.6 is 0 Å². The van der Waals surface area contributed by atoms with Gasteiger partial charge in [0.25, 0.3) is 0 Å². The van der Waals surface area contributed by atoms with E-state index < -0.39 is 5.97 Å². The van der Waals surface area contributed by atoms with Crippen molar-refractivity contribution in [2.75, 3.05) is 13.1 Å². The van der Waals surface area contributed by atoms with Crippen molar-refractivity contribution in [1.82, 2.24) is 4.90 Å². The monoisotopic (exact) mass is 227 g/mol. The van der Waals surface area contributed by atoms with Crippen LogP contribution in [0.25, 0.3) is 0 Å². The number of unbranched alkanes of at least 4 members (excludes halogenated alkanes) is 3. The molecule has 1 N–H and O–H groups in total. The summed E-state index contributed by atoms with van der Waals surface area (Å²) in [7, 11) is 0. The maximum absolute atomic E-state index is 11.5. The first-order valence-electron chi connectivity index (χ1n) is 5.81. The van der Waals surface area contributed by atoms with Gasteiger partial charge in [0.15, 0.2) is 0 Å². The number of nitrogens with zero attached hydrogens (tertiary/aromatic N) is 1. The van der Waals surface area contributed by atoms with E-state index in [1.165, 1.54) is 12.8 Å². The quantitative estimate of drug-likeness (QED) is 0.510. The molecule has 0 aromatic rings. The molecule has 0 atom stereocenters. The largest absolute Gasteiger partial charge is 0.478 e. The average Bonchev–Trinajstić information content (AvgIpc) is 2.26. The molecule has 4 heteroatoms. The number of carbonyl (C=O) groups is 2. The summed E-state index contributed by atoms with van der Waals surface area (Å²) >= 11 is 0. The molecule has 16 heavy (non-hydrogen) atoms. The molecule has 0 saturated heterocycles. The van der Waals surface area contributed by atoms with Crippen molar-refractivity contribution in [2.24, 2.45) is 0 Å². The fourth-order valence-electron chi connectivity index (χ4n) is 1.40. The second-order valence-corrected chi connectivity index (χ2v) is 3.65. The third-order valence-corrected chi connectivity index (χ3v) is 2.34. The van der Waals surface area contributed by atoms with Gasteiger partial charge in [-0.2, -0.15) is 0 Å². The number of carboxylic acid groups (broad SMARTS) is 1. The molecule has 0 bridgehead atoms. The van der Waals surface area contributed by atoms with E-state index in [9.17, 15) is 9.59 Å². The lowest BCUT2D eigenvalue weighted by atomic mass is 10.2. The highest BCUT2D eigenvalue weighted by molar-refractivity contribution is 5.93. The number of hydrogen-bond donors (Lipinski definition) is 1. The molecular formula is C12H21NO3. The average molecular weight is 227 g/mol. The zero-order valence-corrected chi connectivity index (χ0v) is 10.1. The van der Waals surface area contributed by atoms with Gasteiger partial charge in [-0.15, -0.1) is 0 Å². The van der Waals surface area contributed by atoms with Gasteiger partial charge in [0, 0.05) is 25.2 Å². The van der Waals surface area contributed by atoms with Crippen LogP contribution in [0, 0.1) is 0 Å². The Morgan fingerprint density at radius 3 is 2.31 bits per heavy atom. The molecule has 0 aromatic heterocycles. The van der Waals surface area contributed by atoms with Gasteiger partial charge in [0.05, 0.1) is 0 Å². The van der Waals surface area contributed by atoms with E-state index in [1.807, 2.05) is 6.92 Å². The maximum atomic E-state index is 11.5. The lowest BCUT2D eigenvalue weighted by Gasteiger charge is -2.18. The van der Waals surface area contributed by atoms with Crippen LogP contribution in [0.4, 0.5) is 0 Å². The molecule has 1 amide bonds. The van der Waals surface area contributed by atoms with Crippen molar-refractivity contribution in [3.8, 4) is 0 Å². The van der Waals surface area contributed by atoms with Gasteiger partial charge < -0.3 is 10.0 Å². The molecule has 0 heterocycles. The number of aliphatic carboxylic acids is 1. The van der Waals surface area contributed by atoms with Gasteiger partial charge in [0.2, 0.25) is 5.91 Å². The van der Waals surface area contributed by atoms with Gasteiger partial charge >= 0.3 is 5.97 Å². The summed E-state index contributed by atoms with van der Waals surface area (Å²) in [5, 5.41) is 8.41. The van der Waals surface area contributed by atoms with E-state index in [-0.39, 0.29) is 5.91 Å². The van der Waals surface area contributed by atoms with Gasteiger partial charge in [-0.05, 0) is 13.3 Å². The molecule has 0 rings (SSSR count). The zero-order chi connectivity index (χ0) is 12.4. The first kappa shape index (κ1) is 14.7. The minimum atomic E-state index is -1.09. The predicted octanol–water partition coefficient (Wildman–Crippen LogP) is 2.06. The molecular weight excluding hydrogens is 206 g/mol. The Bertz CT molecular complexity index is 249. The summed E-state index contributed by atoms with van der Waals surface area (Å²) in [5.41, 5.74) is 0. The summed E-state index contributed by atoms with van der Waals surface area (Å²) in [5.74, 6) is -1.31. The lowest BCUT2D eigenvalue weighted by Crippen LogP contribution is -2.30. The zero-order valence-electron chi connectivity index (χ0n) is 10.1. The van der Waals surface area contributed by atoms with Crippen molar-refractivity contribution >= 4 is 11.9 Å². The third kappa shape index (κ3) is 7.04. The predicted molar refractivity (Wildman–Crippen MR) is 63.2 cm³/mol. The fourth-order valence-corrected chi connectivity index (χ4v) is 1.40. The highest BCUT2D eigenvalue weighted by Gasteiger charge is 2.07. The molecule has 0 spiro atoms. The second kappa shape index (κ2) is 8.95. The Labute approximate surface area is 96.9 Å². The van der Waals surface area contributed by atoms with E-state index in [0.29, 0.717) is 13.1 Å². The molecule has 4 nitrogen and oxygen atoms in total. The summed E-state index contributed by atoms with van der Waals surface area (Å²) in [6, 6.07) is 0. The van der Waals surface area contributed by atoms with Crippen molar-refractivity contribution < 1.29 is 14.7 Å². The first-order valence-corrected chi connectivity index (χ1v) is 5.81. The molecule has 0 unspecified atom stereocenters. The minimum Gasteiger partial charge on any atom is -0.478 e. The Kier molecular flexibility index (Phi) is 8.21. The van der Waals surface area contributed by atoms with Gasteiger partial charge in [-0.25, -0.2) is 4.79 Å². The summed E-state index contributed by atoms with van der Waals surface area (Å²) < 4.78 is 0. The molecule has 92 valence electrons. The Morgan fingerprint density at radius 1 is 1.12 bits per heavy atom. The molecule has 0 saturated carbocycles. The SMILES string of the molecule is CCCCCCN(CC)C(=O)/C=C\C(=O)O. The topological polar surface area (TPSA) is 57.6 Å². The van der Waals surface area contributed by atoms with Crippen LogP contribution in [0.3, 0.4) is 0 Å². The first-order chi connectivity index (χ1) is 7.61. The van der Waals surface area contributed by atoms with E-state index in [1.54, 1.807) is 4.90 Å². The normalized spacial score (nSPS) is 10.6. The van der Waals surface area contributed by atoms with Crippen LogP contribution < -0.4 is 0 Å². The van der Waals surface area contributed by atoms with Gasteiger partial charge in [-0.1, -0.05) is 26.2 Å². The van der Waals surface area contributed by atoms with Crippen LogP contribution in [-0.4, -0.2) is 35.0 Å². The van der Waals surface area contributed by atoms with Crippen molar-refractivity contribution in [2.45, 2.75) is 39.5 Å².